The van der Waals surface area contributed by atoms with Crippen molar-refractivity contribution in [2.24, 2.45) is 5.92 Å². The lowest BCUT2D eigenvalue weighted by molar-refractivity contribution is -0.215. The van der Waals surface area contributed by atoms with Gasteiger partial charge in [-0.15, -0.1) is 0 Å². The minimum absolute atomic E-state index is 0.195. The molecule has 1 aliphatic heterocycles. The number of halogens is 1. The van der Waals surface area contributed by atoms with Gasteiger partial charge in [0.25, 0.3) is 0 Å². The van der Waals surface area contributed by atoms with Crippen LogP contribution in [0.5, 0.6) is 0 Å². The molecule has 0 radical (unpaired) electrons. The molecule has 0 spiro atoms. The molecule has 1 rings (SSSR count). The van der Waals surface area contributed by atoms with Crippen molar-refractivity contribution in [3.05, 3.63) is 0 Å². The number of nitrogens with one attached hydrogen (secondary N) is 1. The average molecular weight is 373 g/mol. The Morgan fingerprint density at radius 1 is 1.50 bits per heavy atom. The van der Waals surface area contributed by atoms with Crippen molar-refractivity contribution in [3.63, 3.8) is 0 Å². The van der Waals surface area contributed by atoms with E-state index in [-0.39, 0.29) is 24.6 Å². The summed E-state index contributed by atoms with van der Waals surface area (Å²) in [4.78, 5) is 0. The molecule has 6 nitrogen and oxygen atoms in total. The minimum Gasteiger partial charge on any atom is -0.366 e. The maximum absolute atomic E-state index is 14.7. The quantitative estimate of drug-likeness (QED) is 0.348. The van der Waals surface area contributed by atoms with Gasteiger partial charge in [0.2, 0.25) is 1.43 Å². The summed E-state index contributed by atoms with van der Waals surface area (Å²) < 4.78 is 46.5. The zero-order valence-corrected chi connectivity index (χ0v) is 16.9. The summed E-state index contributed by atoms with van der Waals surface area (Å²) in [6, 6.07) is 0.390. The zero-order chi connectivity index (χ0) is 20.3. The number of rotatable bonds is 10. The van der Waals surface area contributed by atoms with Gasteiger partial charge >= 0.3 is 0 Å². The van der Waals surface area contributed by atoms with Crippen molar-refractivity contribution < 1.29 is 24.9 Å². The highest BCUT2D eigenvalue weighted by Gasteiger charge is 2.42. The van der Waals surface area contributed by atoms with Gasteiger partial charge in [-0.1, -0.05) is 14.3 Å². The van der Waals surface area contributed by atoms with E-state index in [0.717, 1.165) is 0 Å². The summed E-state index contributed by atoms with van der Waals surface area (Å²) in [5, 5.41) is 7.76. The average Bonchev–Trinajstić information content (AvgIpc) is 2.60. The molecule has 1 aliphatic rings. The molecule has 2 N–H and O–H groups in total. The zero-order valence-electron chi connectivity index (χ0n) is 18.0. The van der Waals surface area contributed by atoms with Crippen LogP contribution in [0.3, 0.4) is 0 Å². The van der Waals surface area contributed by atoms with Crippen molar-refractivity contribution in [3.8, 4) is 0 Å². The second-order valence-electron chi connectivity index (χ2n) is 6.33. The highest BCUT2D eigenvalue weighted by molar-refractivity contribution is 7.47. The van der Waals surface area contributed by atoms with Gasteiger partial charge in [0, 0.05) is 26.0 Å². The number of hydrogen-bond acceptors (Lipinski definition) is 6. The van der Waals surface area contributed by atoms with Crippen LogP contribution in [0.4, 0.5) is 4.39 Å². The van der Waals surface area contributed by atoms with E-state index in [4.69, 9.17) is 16.8 Å². The minimum atomic E-state index is -1.34. The lowest BCUT2D eigenvalue weighted by atomic mass is 9.99. The summed E-state index contributed by atoms with van der Waals surface area (Å²) >= 11 is 0. The van der Waals surface area contributed by atoms with Gasteiger partial charge in [-0.2, -0.15) is 0 Å². The summed E-state index contributed by atoms with van der Waals surface area (Å²) in [6.07, 6.45) is -3.24. The van der Waals surface area contributed by atoms with Crippen molar-refractivity contribution in [1.82, 2.24) is 9.76 Å². The standard InChI is InChI=1S/C15H32FN2O4P.CH4/c1-7-20-9-17-23(18(10(2)3)11(4)5)22-14-13(16)12(6)8-21-15(14)19;/h10-15,17,19H,7-9H2,1-6H3;1H4/t12-,13+,14+,15+,23?;/m1./s1/i19D;1T. The van der Waals surface area contributed by atoms with E-state index in [1.807, 2.05) is 6.92 Å². The smallest absolute Gasteiger partial charge is 0.213 e. The third-order valence-electron chi connectivity index (χ3n) is 3.64. The van der Waals surface area contributed by atoms with Crippen LogP contribution >= 0.6 is 8.45 Å². The van der Waals surface area contributed by atoms with Crippen LogP contribution < -0.4 is 5.09 Å². The Balaban J connectivity index is 0.00000301. The normalized spacial score (nSPS) is 30.0. The molecular formula is C16H36FN2O4P. The molecule has 0 aliphatic carbocycles. The first-order valence-corrected chi connectivity index (χ1v) is 9.48. The molecule has 1 heterocycles. The third kappa shape index (κ3) is 6.79. The van der Waals surface area contributed by atoms with Crippen molar-refractivity contribution in [2.45, 2.75) is 79.6 Å². The Labute approximate surface area is 150 Å². The van der Waals surface area contributed by atoms with Crippen LogP contribution in [-0.4, -0.2) is 61.8 Å². The van der Waals surface area contributed by atoms with Gasteiger partial charge in [0.05, 0.1) is 6.61 Å². The van der Waals surface area contributed by atoms with Crippen molar-refractivity contribution >= 4 is 8.45 Å². The molecule has 1 fully saturated rings. The lowest BCUT2D eigenvalue weighted by Crippen LogP contribution is -2.49. The van der Waals surface area contributed by atoms with Crippen LogP contribution in [0.2, 0.25) is 0 Å². The first-order chi connectivity index (χ1) is 12.3. The van der Waals surface area contributed by atoms with E-state index in [9.17, 15) is 4.39 Å². The fourth-order valence-electron chi connectivity index (χ4n) is 2.52. The molecule has 0 bridgehead atoms. The molecule has 0 aromatic heterocycles. The number of alkyl halides is 1. The largest absolute Gasteiger partial charge is 0.366 e. The van der Waals surface area contributed by atoms with E-state index in [1.54, 1.807) is 6.92 Å². The van der Waals surface area contributed by atoms with Gasteiger partial charge in [0.15, 0.2) is 14.7 Å². The molecule has 0 aromatic carbocycles. The molecule has 8 heteroatoms. The molecule has 5 atom stereocenters. The summed E-state index contributed by atoms with van der Waals surface area (Å²) in [6.45, 7) is 13.0. The molecule has 0 aromatic rings. The van der Waals surface area contributed by atoms with Crippen LogP contribution in [0.1, 0.15) is 50.3 Å². The Bertz CT molecular complexity index is 352. The Morgan fingerprint density at radius 3 is 2.62 bits per heavy atom. The van der Waals surface area contributed by atoms with Crippen molar-refractivity contribution in [2.75, 3.05) is 19.9 Å². The first kappa shape index (κ1) is 20.4. The number of aliphatic hydroxyl groups is 1. The van der Waals surface area contributed by atoms with Crippen molar-refractivity contribution in [1.29, 1.82) is 1.43 Å². The summed E-state index contributed by atoms with van der Waals surface area (Å²) in [5.41, 5.74) is 0. The van der Waals surface area contributed by atoms with Gasteiger partial charge in [0.1, 0.15) is 19.0 Å². The van der Waals surface area contributed by atoms with Gasteiger partial charge < -0.3 is 19.1 Å². The third-order valence-corrected chi connectivity index (χ3v) is 5.83. The Hall–Kier alpha value is 0.120. The monoisotopic (exact) mass is 373 g/mol. The molecule has 1 unspecified atom stereocenters. The summed E-state index contributed by atoms with van der Waals surface area (Å²) in [5.74, 6) is -0.309. The Kier molecular flexibility index (Phi) is 9.94. The van der Waals surface area contributed by atoms with Crippen LogP contribution in [0, 0.1) is 5.92 Å². The molecule has 0 amide bonds. The maximum atomic E-state index is 14.7. The molecule has 24 heavy (non-hydrogen) atoms. The van der Waals surface area contributed by atoms with Gasteiger partial charge in [-0.3, -0.25) is 0 Å². The molecular weight excluding hydrogens is 334 g/mol. The maximum Gasteiger partial charge on any atom is 0.213 e. The topological polar surface area (TPSA) is 63.2 Å². The molecule has 0 saturated carbocycles. The fourth-order valence-corrected chi connectivity index (χ4v) is 4.36. The number of aliphatic hydroxyl groups excluding tert-OH is 1. The van der Waals surface area contributed by atoms with Crippen LogP contribution in [0.25, 0.3) is 0 Å². The SMILES string of the molecule is [2H]O[C@H]1OC[C@@H](C)[C@H](F)[C@@H]1OP(NCOCC)N(C(C)C)C(C)C.[3H]C. The lowest BCUT2D eigenvalue weighted by Gasteiger charge is -2.42. The van der Waals surface area contributed by atoms with E-state index in [2.05, 4.69) is 42.6 Å². The van der Waals surface area contributed by atoms with E-state index in [0.29, 0.717) is 13.3 Å². The van der Waals surface area contributed by atoms with Crippen LogP contribution in [0.15, 0.2) is 0 Å². The fraction of sp³-hybridized carbons (Fsp3) is 1.00. The number of nitrogens with zero attached hydrogens (tertiary/aromatic N) is 1. The van der Waals surface area contributed by atoms with E-state index in [1.165, 1.54) is 7.40 Å². The second kappa shape index (κ2) is 11.7. The van der Waals surface area contributed by atoms with Gasteiger partial charge in [-0.05, 0) is 34.6 Å². The predicted molar refractivity (Wildman–Crippen MR) is 96.3 cm³/mol. The summed E-state index contributed by atoms with van der Waals surface area (Å²) in [7, 11) is -0.0905. The highest BCUT2D eigenvalue weighted by Crippen LogP contribution is 2.44. The van der Waals surface area contributed by atoms with E-state index >= 15 is 0 Å². The number of ether oxygens (including phenoxy) is 2. The predicted octanol–water partition coefficient (Wildman–Crippen LogP) is 3.26. The first-order valence-electron chi connectivity index (χ1n) is 9.68. The van der Waals surface area contributed by atoms with E-state index < -0.39 is 27.0 Å². The van der Waals surface area contributed by atoms with Crippen LogP contribution in [-0.2, 0) is 14.0 Å². The number of hydrogen-bond donors (Lipinski definition) is 2. The molecule has 1 saturated heterocycles. The second-order valence-corrected chi connectivity index (χ2v) is 7.86. The Morgan fingerprint density at radius 2 is 2.12 bits per heavy atom. The van der Waals surface area contributed by atoms with Gasteiger partial charge in [-0.25, -0.2) is 14.1 Å². The molecule has 146 valence electrons. The highest BCUT2D eigenvalue weighted by atomic mass is 31.2.